The summed E-state index contributed by atoms with van der Waals surface area (Å²) in [4.78, 5) is 12.5. The first-order valence-corrected chi connectivity index (χ1v) is 6.65. The summed E-state index contributed by atoms with van der Waals surface area (Å²) >= 11 is 0. The number of aromatic nitrogens is 1. The third-order valence-electron chi connectivity index (χ3n) is 3.45. The number of nitrogens with zero attached hydrogens (tertiary/aromatic N) is 1. The third-order valence-corrected chi connectivity index (χ3v) is 3.45. The van der Waals surface area contributed by atoms with Crippen LogP contribution < -0.4 is 5.73 Å². The highest BCUT2D eigenvalue weighted by atomic mass is 16.2. The van der Waals surface area contributed by atoms with Gasteiger partial charge in [0.1, 0.15) is 0 Å². The van der Waals surface area contributed by atoms with Crippen LogP contribution in [0.1, 0.15) is 10.4 Å². The lowest BCUT2D eigenvalue weighted by Crippen LogP contribution is -2.36. The van der Waals surface area contributed by atoms with Gasteiger partial charge in [0.25, 0.3) is 0 Å². The summed E-state index contributed by atoms with van der Waals surface area (Å²) in [7, 11) is 0. The highest BCUT2D eigenvalue weighted by Crippen LogP contribution is 2.16. The zero-order valence-electron chi connectivity index (χ0n) is 11.1. The molecular formula is C17H16N2O. The van der Waals surface area contributed by atoms with Gasteiger partial charge in [-0.1, -0.05) is 48.5 Å². The Morgan fingerprint density at radius 3 is 2.50 bits per heavy atom. The minimum Gasteiger partial charge on any atom is -0.320 e. The van der Waals surface area contributed by atoms with Crippen LogP contribution in [-0.4, -0.2) is 16.5 Å². The van der Waals surface area contributed by atoms with Crippen molar-refractivity contribution in [2.75, 3.05) is 0 Å². The number of carbonyl (C=O) groups is 1. The molecule has 0 amide bonds. The molecule has 0 bridgehead atoms. The van der Waals surface area contributed by atoms with Crippen LogP contribution in [0.25, 0.3) is 10.9 Å². The second-order valence-corrected chi connectivity index (χ2v) is 4.88. The Hall–Kier alpha value is -2.39. The van der Waals surface area contributed by atoms with E-state index in [0.29, 0.717) is 6.42 Å². The quantitative estimate of drug-likeness (QED) is 0.790. The molecule has 1 heterocycles. The summed E-state index contributed by atoms with van der Waals surface area (Å²) < 4.78 is 1.64. The molecule has 0 saturated heterocycles. The molecule has 0 radical (unpaired) electrons. The first-order chi connectivity index (χ1) is 9.75. The summed E-state index contributed by atoms with van der Waals surface area (Å²) in [5, 5.41) is 1.05. The van der Waals surface area contributed by atoms with Crippen LogP contribution in [0.2, 0.25) is 0 Å². The molecule has 1 atom stereocenters. The van der Waals surface area contributed by atoms with E-state index < -0.39 is 6.04 Å². The SMILES string of the molecule is NC(Cc1ccccc1)C(=O)n1ccc2ccccc21. The summed E-state index contributed by atoms with van der Waals surface area (Å²) in [5.74, 6) is -0.0740. The van der Waals surface area contributed by atoms with Crippen molar-refractivity contribution in [1.29, 1.82) is 0 Å². The topological polar surface area (TPSA) is 48.0 Å². The number of para-hydroxylation sites is 1. The molecule has 0 aliphatic rings. The first kappa shape index (κ1) is 12.6. The maximum absolute atomic E-state index is 12.5. The van der Waals surface area contributed by atoms with Crippen molar-refractivity contribution in [2.45, 2.75) is 12.5 Å². The zero-order valence-corrected chi connectivity index (χ0v) is 11.1. The van der Waals surface area contributed by atoms with Crippen LogP contribution in [0.3, 0.4) is 0 Å². The van der Waals surface area contributed by atoms with Gasteiger partial charge in [0.05, 0.1) is 11.6 Å². The van der Waals surface area contributed by atoms with Crippen molar-refractivity contribution < 1.29 is 4.79 Å². The van der Waals surface area contributed by atoms with Crippen LogP contribution in [-0.2, 0) is 6.42 Å². The Labute approximate surface area is 117 Å². The Morgan fingerprint density at radius 1 is 1.00 bits per heavy atom. The third kappa shape index (κ3) is 2.36. The normalized spacial score (nSPS) is 12.4. The van der Waals surface area contributed by atoms with Crippen LogP contribution >= 0.6 is 0 Å². The maximum Gasteiger partial charge on any atom is 0.248 e. The fraction of sp³-hybridized carbons (Fsp3) is 0.118. The average molecular weight is 264 g/mol. The van der Waals surface area contributed by atoms with Gasteiger partial charge in [0, 0.05) is 11.6 Å². The molecule has 3 nitrogen and oxygen atoms in total. The van der Waals surface area contributed by atoms with Gasteiger partial charge in [-0.2, -0.15) is 0 Å². The molecule has 0 aliphatic carbocycles. The predicted octanol–water partition coefficient (Wildman–Crippen LogP) is 2.85. The molecule has 3 aromatic rings. The highest BCUT2D eigenvalue weighted by molar-refractivity contribution is 5.94. The molecule has 100 valence electrons. The van der Waals surface area contributed by atoms with Gasteiger partial charge >= 0.3 is 0 Å². The van der Waals surface area contributed by atoms with Crippen molar-refractivity contribution >= 4 is 16.8 Å². The molecule has 0 aliphatic heterocycles. The Kier molecular flexibility index (Phi) is 3.35. The van der Waals surface area contributed by atoms with Crippen molar-refractivity contribution in [2.24, 2.45) is 5.73 Å². The second-order valence-electron chi connectivity index (χ2n) is 4.88. The van der Waals surface area contributed by atoms with Gasteiger partial charge in [-0.05, 0) is 24.1 Å². The number of nitrogens with two attached hydrogens (primary N) is 1. The molecular weight excluding hydrogens is 248 g/mol. The van der Waals surface area contributed by atoms with E-state index in [0.717, 1.165) is 16.5 Å². The molecule has 0 spiro atoms. The van der Waals surface area contributed by atoms with Crippen molar-refractivity contribution in [3.63, 3.8) is 0 Å². The Balaban J connectivity index is 1.85. The van der Waals surface area contributed by atoms with Gasteiger partial charge in [-0.3, -0.25) is 9.36 Å². The number of benzene rings is 2. The predicted molar refractivity (Wildman–Crippen MR) is 80.7 cm³/mol. The zero-order chi connectivity index (χ0) is 13.9. The van der Waals surface area contributed by atoms with Crippen LogP contribution in [0.4, 0.5) is 0 Å². The van der Waals surface area contributed by atoms with E-state index in [1.54, 1.807) is 10.8 Å². The van der Waals surface area contributed by atoms with Crippen molar-refractivity contribution in [3.8, 4) is 0 Å². The smallest absolute Gasteiger partial charge is 0.248 e. The second kappa shape index (κ2) is 5.31. The molecule has 1 aromatic heterocycles. The molecule has 3 rings (SSSR count). The fourth-order valence-corrected chi connectivity index (χ4v) is 2.41. The van der Waals surface area contributed by atoms with Crippen molar-refractivity contribution in [1.82, 2.24) is 4.57 Å². The highest BCUT2D eigenvalue weighted by Gasteiger charge is 2.17. The molecule has 20 heavy (non-hydrogen) atoms. The Bertz CT molecular complexity index is 731. The van der Waals surface area contributed by atoms with Gasteiger partial charge in [-0.15, -0.1) is 0 Å². The molecule has 2 aromatic carbocycles. The van der Waals surface area contributed by atoms with E-state index in [1.165, 1.54) is 0 Å². The fourth-order valence-electron chi connectivity index (χ4n) is 2.41. The largest absolute Gasteiger partial charge is 0.320 e. The monoisotopic (exact) mass is 264 g/mol. The average Bonchev–Trinajstić information content (AvgIpc) is 2.91. The van der Waals surface area contributed by atoms with E-state index >= 15 is 0 Å². The lowest BCUT2D eigenvalue weighted by molar-refractivity contribution is 0.0884. The standard InChI is InChI=1S/C17H16N2O/c18-15(12-13-6-2-1-3-7-13)17(20)19-11-10-14-8-4-5-9-16(14)19/h1-11,15H,12,18H2. The van der Waals surface area contributed by atoms with E-state index in [1.807, 2.05) is 60.7 Å². The van der Waals surface area contributed by atoms with Gasteiger partial charge in [0.15, 0.2) is 0 Å². The van der Waals surface area contributed by atoms with E-state index in [9.17, 15) is 4.79 Å². The first-order valence-electron chi connectivity index (χ1n) is 6.65. The lowest BCUT2D eigenvalue weighted by atomic mass is 10.1. The molecule has 0 fully saturated rings. The Morgan fingerprint density at radius 2 is 1.70 bits per heavy atom. The maximum atomic E-state index is 12.5. The molecule has 2 N–H and O–H groups in total. The number of fused-ring (bicyclic) bond motifs is 1. The molecule has 0 saturated carbocycles. The number of carbonyl (C=O) groups excluding carboxylic acids is 1. The van der Waals surface area contributed by atoms with Gasteiger partial charge < -0.3 is 5.73 Å². The van der Waals surface area contributed by atoms with Gasteiger partial charge in [0.2, 0.25) is 5.91 Å². The van der Waals surface area contributed by atoms with E-state index in [4.69, 9.17) is 5.73 Å². The van der Waals surface area contributed by atoms with E-state index in [-0.39, 0.29) is 5.91 Å². The summed E-state index contributed by atoms with van der Waals surface area (Å²) in [5.41, 5.74) is 8.04. The molecule has 3 heteroatoms. The van der Waals surface area contributed by atoms with Gasteiger partial charge in [-0.25, -0.2) is 0 Å². The number of hydrogen-bond acceptors (Lipinski definition) is 2. The van der Waals surface area contributed by atoms with Crippen LogP contribution in [0.5, 0.6) is 0 Å². The summed E-state index contributed by atoms with van der Waals surface area (Å²) in [6.07, 6.45) is 2.34. The lowest BCUT2D eigenvalue weighted by Gasteiger charge is -2.12. The summed E-state index contributed by atoms with van der Waals surface area (Å²) in [6, 6.07) is 19.0. The minimum absolute atomic E-state index is 0.0740. The van der Waals surface area contributed by atoms with Crippen LogP contribution in [0, 0.1) is 0 Å². The number of hydrogen-bond donors (Lipinski definition) is 1. The molecule has 1 unspecified atom stereocenters. The van der Waals surface area contributed by atoms with E-state index in [2.05, 4.69) is 0 Å². The van der Waals surface area contributed by atoms with Crippen molar-refractivity contribution in [3.05, 3.63) is 72.4 Å². The number of rotatable bonds is 3. The summed E-state index contributed by atoms with van der Waals surface area (Å²) in [6.45, 7) is 0. The van der Waals surface area contributed by atoms with Crippen LogP contribution in [0.15, 0.2) is 66.9 Å². The minimum atomic E-state index is -0.534.